The summed E-state index contributed by atoms with van der Waals surface area (Å²) in [5.74, 6) is 1.79. The van der Waals surface area contributed by atoms with Crippen molar-refractivity contribution >= 4 is 28.3 Å². The van der Waals surface area contributed by atoms with Gasteiger partial charge < -0.3 is 5.32 Å². The lowest BCUT2D eigenvalue weighted by atomic mass is 9.89. The summed E-state index contributed by atoms with van der Waals surface area (Å²) in [6, 6.07) is 9.39. The first kappa shape index (κ1) is 14.2. The zero-order chi connectivity index (χ0) is 13.0. The zero-order valence-electron chi connectivity index (χ0n) is 11.5. The van der Waals surface area contributed by atoms with Crippen molar-refractivity contribution in [3.05, 3.63) is 27.8 Å². The highest BCUT2D eigenvalue weighted by Crippen LogP contribution is 2.30. The molecule has 1 fully saturated rings. The molecular weight excluding hydrogens is 333 g/mol. The summed E-state index contributed by atoms with van der Waals surface area (Å²) in [5, 5.41) is 3.72. The number of anilines is 1. The molecule has 2 heteroatoms. The molecule has 0 aromatic heterocycles. The molecule has 18 heavy (non-hydrogen) atoms. The van der Waals surface area contributed by atoms with Crippen LogP contribution in [-0.2, 0) is 0 Å². The summed E-state index contributed by atoms with van der Waals surface area (Å²) < 4.78 is 1.31. The SMILES string of the molecule is CC(C)C1CCCC(Nc2cccc(I)c2)CC1. The standard InChI is InChI=1S/C16H24IN/c1-12(2)13-5-3-7-15(10-9-13)18-16-8-4-6-14(17)11-16/h4,6,8,11-13,15,18H,3,5,7,9-10H2,1-2H3. The van der Waals surface area contributed by atoms with E-state index >= 15 is 0 Å². The number of halogens is 1. The van der Waals surface area contributed by atoms with Gasteiger partial charge in [0.2, 0.25) is 0 Å². The van der Waals surface area contributed by atoms with Gasteiger partial charge in [0, 0.05) is 15.3 Å². The fourth-order valence-corrected chi connectivity index (χ4v) is 3.50. The van der Waals surface area contributed by atoms with Crippen molar-refractivity contribution in [1.82, 2.24) is 0 Å². The van der Waals surface area contributed by atoms with E-state index in [1.165, 1.54) is 41.4 Å². The lowest BCUT2D eigenvalue weighted by molar-refractivity contribution is 0.341. The molecule has 0 radical (unpaired) electrons. The van der Waals surface area contributed by atoms with Crippen molar-refractivity contribution in [3.63, 3.8) is 0 Å². The molecule has 2 atom stereocenters. The molecule has 1 aliphatic rings. The van der Waals surface area contributed by atoms with Gasteiger partial charge in [-0.25, -0.2) is 0 Å². The first-order chi connectivity index (χ1) is 8.65. The van der Waals surface area contributed by atoms with Crippen molar-refractivity contribution in [3.8, 4) is 0 Å². The summed E-state index contributed by atoms with van der Waals surface area (Å²) >= 11 is 2.38. The molecule has 0 bridgehead atoms. The van der Waals surface area contributed by atoms with Crippen LogP contribution in [0.15, 0.2) is 24.3 Å². The van der Waals surface area contributed by atoms with E-state index in [1.807, 2.05) is 0 Å². The minimum absolute atomic E-state index is 0.673. The monoisotopic (exact) mass is 357 g/mol. The van der Waals surface area contributed by atoms with Crippen molar-refractivity contribution < 1.29 is 0 Å². The van der Waals surface area contributed by atoms with Gasteiger partial charge in [-0.2, -0.15) is 0 Å². The molecule has 0 amide bonds. The largest absolute Gasteiger partial charge is 0.382 e. The second kappa shape index (κ2) is 6.78. The van der Waals surface area contributed by atoms with Crippen LogP contribution >= 0.6 is 22.6 Å². The predicted molar refractivity (Wildman–Crippen MR) is 88.0 cm³/mol. The maximum Gasteiger partial charge on any atom is 0.0352 e. The molecule has 2 rings (SSSR count). The lowest BCUT2D eigenvalue weighted by Crippen LogP contribution is -2.18. The van der Waals surface area contributed by atoms with E-state index in [2.05, 4.69) is 66.0 Å². The average Bonchev–Trinajstić information content (AvgIpc) is 2.55. The Bertz CT molecular complexity index is 375. The van der Waals surface area contributed by atoms with Gasteiger partial charge in [-0.15, -0.1) is 0 Å². The molecule has 1 saturated carbocycles. The van der Waals surface area contributed by atoms with E-state index in [4.69, 9.17) is 0 Å². The normalized spacial score (nSPS) is 24.9. The summed E-state index contributed by atoms with van der Waals surface area (Å²) in [5.41, 5.74) is 1.29. The predicted octanol–water partition coefficient (Wildman–Crippen LogP) is 5.31. The molecule has 0 spiro atoms. The van der Waals surface area contributed by atoms with Crippen molar-refractivity contribution in [2.45, 2.75) is 52.0 Å². The highest BCUT2D eigenvalue weighted by Gasteiger charge is 2.20. The van der Waals surface area contributed by atoms with Crippen molar-refractivity contribution in [2.24, 2.45) is 11.8 Å². The number of benzene rings is 1. The van der Waals surface area contributed by atoms with Crippen LogP contribution in [0.25, 0.3) is 0 Å². The molecule has 2 unspecified atom stereocenters. The molecule has 0 saturated heterocycles. The quantitative estimate of drug-likeness (QED) is 0.571. The Kier molecular flexibility index (Phi) is 5.34. The topological polar surface area (TPSA) is 12.0 Å². The maximum absolute atomic E-state index is 3.72. The highest BCUT2D eigenvalue weighted by molar-refractivity contribution is 14.1. The van der Waals surface area contributed by atoms with E-state index in [0.29, 0.717) is 6.04 Å². The third kappa shape index (κ3) is 4.15. The molecule has 100 valence electrons. The van der Waals surface area contributed by atoms with E-state index in [-0.39, 0.29) is 0 Å². The first-order valence-electron chi connectivity index (χ1n) is 7.17. The Balaban J connectivity index is 1.91. The molecule has 1 aromatic carbocycles. The van der Waals surface area contributed by atoms with Crippen LogP contribution in [0, 0.1) is 15.4 Å². The highest BCUT2D eigenvalue weighted by atomic mass is 127. The first-order valence-corrected chi connectivity index (χ1v) is 8.25. The number of rotatable bonds is 3. The maximum atomic E-state index is 3.72. The third-order valence-corrected chi connectivity index (χ3v) is 4.82. The number of hydrogen-bond acceptors (Lipinski definition) is 1. The van der Waals surface area contributed by atoms with Gasteiger partial charge in [0.1, 0.15) is 0 Å². The lowest BCUT2D eigenvalue weighted by Gasteiger charge is -2.20. The average molecular weight is 357 g/mol. The zero-order valence-corrected chi connectivity index (χ0v) is 13.6. The van der Waals surface area contributed by atoms with E-state index < -0.39 is 0 Å². The molecular formula is C16H24IN. The molecule has 1 N–H and O–H groups in total. The van der Waals surface area contributed by atoms with Crippen LogP contribution in [0.1, 0.15) is 46.0 Å². The minimum Gasteiger partial charge on any atom is -0.382 e. The Hall–Kier alpha value is -0.250. The van der Waals surface area contributed by atoms with Crippen LogP contribution in [0.4, 0.5) is 5.69 Å². The summed E-state index contributed by atoms with van der Waals surface area (Å²) in [6.45, 7) is 4.75. The van der Waals surface area contributed by atoms with E-state index in [0.717, 1.165) is 11.8 Å². The van der Waals surface area contributed by atoms with Gasteiger partial charge in [-0.1, -0.05) is 32.8 Å². The fraction of sp³-hybridized carbons (Fsp3) is 0.625. The third-order valence-electron chi connectivity index (χ3n) is 4.15. The molecule has 0 aliphatic heterocycles. The molecule has 0 heterocycles. The van der Waals surface area contributed by atoms with Crippen LogP contribution in [-0.4, -0.2) is 6.04 Å². The molecule has 1 aliphatic carbocycles. The Morgan fingerprint density at radius 3 is 2.72 bits per heavy atom. The second-order valence-electron chi connectivity index (χ2n) is 5.86. The fourth-order valence-electron chi connectivity index (χ4n) is 2.96. The van der Waals surface area contributed by atoms with Crippen LogP contribution in [0.3, 0.4) is 0 Å². The summed E-state index contributed by atoms with van der Waals surface area (Å²) in [6.07, 6.45) is 6.84. The Labute approximate surface area is 125 Å². The van der Waals surface area contributed by atoms with Gasteiger partial charge in [0.25, 0.3) is 0 Å². The Morgan fingerprint density at radius 1 is 1.17 bits per heavy atom. The van der Waals surface area contributed by atoms with Gasteiger partial charge >= 0.3 is 0 Å². The van der Waals surface area contributed by atoms with Gasteiger partial charge in [-0.05, 0) is 71.9 Å². The van der Waals surface area contributed by atoms with Gasteiger partial charge in [0.15, 0.2) is 0 Å². The van der Waals surface area contributed by atoms with Gasteiger partial charge in [-0.3, -0.25) is 0 Å². The second-order valence-corrected chi connectivity index (χ2v) is 7.11. The van der Waals surface area contributed by atoms with E-state index in [9.17, 15) is 0 Å². The number of hydrogen-bond donors (Lipinski definition) is 1. The summed E-state index contributed by atoms with van der Waals surface area (Å²) in [4.78, 5) is 0. The van der Waals surface area contributed by atoms with Crippen LogP contribution in [0.2, 0.25) is 0 Å². The smallest absolute Gasteiger partial charge is 0.0352 e. The van der Waals surface area contributed by atoms with Gasteiger partial charge in [0.05, 0.1) is 0 Å². The molecule has 1 aromatic rings. The van der Waals surface area contributed by atoms with Crippen LogP contribution in [0.5, 0.6) is 0 Å². The Morgan fingerprint density at radius 2 is 2.00 bits per heavy atom. The summed E-state index contributed by atoms with van der Waals surface area (Å²) in [7, 11) is 0. The molecule has 1 nitrogen and oxygen atoms in total. The van der Waals surface area contributed by atoms with Crippen LogP contribution < -0.4 is 5.32 Å². The van der Waals surface area contributed by atoms with E-state index in [1.54, 1.807) is 0 Å². The van der Waals surface area contributed by atoms with Crippen molar-refractivity contribution in [1.29, 1.82) is 0 Å². The minimum atomic E-state index is 0.673. The van der Waals surface area contributed by atoms with Crippen molar-refractivity contribution in [2.75, 3.05) is 5.32 Å². The number of nitrogens with one attached hydrogen (secondary N) is 1.